The molecule has 1 aliphatic rings. The topological polar surface area (TPSA) is 37.3 Å². The molecule has 1 N–H and O–H groups in total. The van der Waals surface area contributed by atoms with Gasteiger partial charge in [-0.2, -0.15) is 0 Å². The molecule has 0 heterocycles. The zero-order valence-electron chi connectivity index (χ0n) is 8.34. The lowest BCUT2D eigenvalue weighted by atomic mass is 9.90. The lowest BCUT2D eigenvalue weighted by Gasteiger charge is -2.14. The van der Waals surface area contributed by atoms with E-state index in [1.807, 2.05) is 0 Å². The Kier molecular flexibility index (Phi) is 5.99. The first-order chi connectivity index (χ1) is 5.52. The second kappa shape index (κ2) is 6.18. The van der Waals surface area contributed by atoms with Gasteiger partial charge >= 0.3 is 0 Å². The van der Waals surface area contributed by atoms with Gasteiger partial charge in [0.1, 0.15) is 5.78 Å². The predicted molar refractivity (Wildman–Crippen MR) is 50.0 cm³/mol. The molecule has 1 atom stereocenters. The van der Waals surface area contributed by atoms with Crippen LogP contribution in [0.4, 0.5) is 0 Å². The smallest absolute Gasteiger partial charge is 0.133 e. The fourth-order valence-electron chi connectivity index (χ4n) is 1.24. The largest absolute Gasteiger partial charge is 0.394 e. The molecule has 0 radical (unpaired) electrons. The van der Waals surface area contributed by atoms with Gasteiger partial charge in [-0.1, -0.05) is 6.92 Å². The number of ketones is 1. The second-order valence-electron chi connectivity index (χ2n) is 3.83. The van der Waals surface area contributed by atoms with Crippen LogP contribution in [0.2, 0.25) is 0 Å². The van der Waals surface area contributed by atoms with Crippen molar-refractivity contribution in [1.82, 2.24) is 0 Å². The minimum Gasteiger partial charge on any atom is -0.394 e. The molecule has 1 unspecified atom stereocenters. The standard InChI is InChI=1S/C7H12O.C3H8O/c1-6-3-2-4-7(8)5-6;1-3(2)4/h6H,2-5H2,1H3;3-4H,1-2H3. The van der Waals surface area contributed by atoms with Crippen LogP contribution in [0.15, 0.2) is 0 Å². The molecule has 1 saturated carbocycles. The molecule has 0 aromatic rings. The van der Waals surface area contributed by atoms with Crippen molar-refractivity contribution in [2.45, 2.75) is 52.6 Å². The maximum absolute atomic E-state index is 10.7. The number of carbonyl (C=O) groups is 1. The summed E-state index contributed by atoms with van der Waals surface area (Å²) in [5.41, 5.74) is 0. The Morgan fingerprint density at radius 3 is 2.25 bits per heavy atom. The average Bonchev–Trinajstić information content (AvgIpc) is 1.84. The fourth-order valence-corrected chi connectivity index (χ4v) is 1.24. The van der Waals surface area contributed by atoms with E-state index < -0.39 is 0 Å². The summed E-state index contributed by atoms with van der Waals surface area (Å²) in [4.78, 5) is 10.7. The number of Topliss-reactive ketones (excluding diaryl/α,β-unsaturated/α-hetero) is 1. The van der Waals surface area contributed by atoms with Crippen LogP contribution in [0.5, 0.6) is 0 Å². The Balaban J connectivity index is 0.000000261. The zero-order valence-corrected chi connectivity index (χ0v) is 8.34. The quantitative estimate of drug-likeness (QED) is 0.608. The lowest BCUT2D eigenvalue weighted by molar-refractivity contribution is -0.121. The van der Waals surface area contributed by atoms with Crippen molar-refractivity contribution in [1.29, 1.82) is 0 Å². The molecule has 0 saturated heterocycles. The Bertz CT molecular complexity index is 127. The number of rotatable bonds is 0. The van der Waals surface area contributed by atoms with E-state index in [1.54, 1.807) is 13.8 Å². The monoisotopic (exact) mass is 172 g/mol. The highest BCUT2D eigenvalue weighted by Gasteiger charge is 2.14. The number of aliphatic hydroxyl groups is 1. The molecule has 0 aliphatic heterocycles. The fraction of sp³-hybridized carbons (Fsp3) is 0.900. The predicted octanol–water partition coefficient (Wildman–Crippen LogP) is 2.15. The number of aliphatic hydroxyl groups excluding tert-OH is 1. The highest BCUT2D eigenvalue weighted by molar-refractivity contribution is 5.79. The van der Waals surface area contributed by atoms with Crippen LogP contribution in [0, 0.1) is 5.92 Å². The second-order valence-corrected chi connectivity index (χ2v) is 3.83. The minimum atomic E-state index is -0.167. The Labute approximate surface area is 75.0 Å². The molecule has 1 fully saturated rings. The molecule has 0 spiro atoms. The van der Waals surface area contributed by atoms with Gasteiger partial charge in [0.25, 0.3) is 0 Å². The van der Waals surface area contributed by atoms with Crippen LogP contribution in [0.3, 0.4) is 0 Å². The van der Waals surface area contributed by atoms with Gasteiger partial charge in [0, 0.05) is 18.9 Å². The molecule has 1 aliphatic carbocycles. The molecule has 1 rings (SSSR count). The zero-order chi connectivity index (χ0) is 9.56. The summed E-state index contributed by atoms with van der Waals surface area (Å²) in [5.74, 6) is 1.12. The van der Waals surface area contributed by atoms with Crippen molar-refractivity contribution in [2.24, 2.45) is 5.92 Å². The van der Waals surface area contributed by atoms with E-state index >= 15 is 0 Å². The van der Waals surface area contributed by atoms with Crippen molar-refractivity contribution < 1.29 is 9.90 Å². The summed E-state index contributed by atoms with van der Waals surface area (Å²) in [5, 5.41) is 8.06. The van der Waals surface area contributed by atoms with E-state index in [0.717, 1.165) is 19.3 Å². The van der Waals surface area contributed by atoms with Gasteiger partial charge < -0.3 is 5.11 Å². The summed E-state index contributed by atoms with van der Waals surface area (Å²) in [7, 11) is 0. The third kappa shape index (κ3) is 7.73. The molecule has 2 nitrogen and oxygen atoms in total. The van der Waals surface area contributed by atoms with Crippen LogP contribution in [0.1, 0.15) is 46.5 Å². The molecular weight excluding hydrogens is 152 g/mol. The molecule has 0 aromatic carbocycles. The third-order valence-electron chi connectivity index (χ3n) is 1.73. The maximum Gasteiger partial charge on any atom is 0.133 e. The molecule has 12 heavy (non-hydrogen) atoms. The van der Waals surface area contributed by atoms with Gasteiger partial charge in [0.2, 0.25) is 0 Å². The van der Waals surface area contributed by atoms with Crippen molar-refractivity contribution >= 4 is 5.78 Å². The van der Waals surface area contributed by atoms with Crippen molar-refractivity contribution in [3.05, 3.63) is 0 Å². The van der Waals surface area contributed by atoms with E-state index in [0.29, 0.717) is 11.7 Å². The first-order valence-corrected chi connectivity index (χ1v) is 4.72. The lowest BCUT2D eigenvalue weighted by Crippen LogP contribution is -2.11. The van der Waals surface area contributed by atoms with E-state index in [4.69, 9.17) is 5.11 Å². The van der Waals surface area contributed by atoms with Crippen molar-refractivity contribution in [3.8, 4) is 0 Å². The van der Waals surface area contributed by atoms with Crippen molar-refractivity contribution in [2.75, 3.05) is 0 Å². The normalized spacial score (nSPS) is 23.4. The molecule has 72 valence electrons. The third-order valence-corrected chi connectivity index (χ3v) is 1.73. The van der Waals surface area contributed by atoms with E-state index in [9.17, 15) is 4.79 Å². The van der Waals surface area contributed by atoms with Crippen molar-refractivity contribution in [3.63, 3.8) is 0 Å². The average molecular weight is 172 g/mol. The maximum atomic E-state index is 10.7. The van der Waals surface area contributed by atoms with Gasteiger partial charge in [-0.3, -0.25) is 4.79 Å². The molecule has 0 bridgehead atoms. The summed E-state index contributed by atoms with van der Waals surface area (Å²) >= 11 is 0. The van der Waals surface area contributed by atoms with Gasteiger partial charge in [-0.25, -0.2) is 0 Å². The highest BCUT2D eigenvalue weighted by Crippen LogP contribution is 2.19. The van der Waals surface area contributed by atoms with Crippen LogP contribution in [-0.4, -0.2) is 17.0 Å². The highest BCUT2D eigenvalue weighted by atomic mass is 16.3. The first kappa shape index (κ1) is 11.6. The van der Waals surface area contributed by atoms with Crippen LogP contribution < -0.4 is 0 Å². The number of hydrogen-bond donors (Lipinski definition) is 1. The summed E-state index contributed by atoms with van der Waals surface area (Å²) in [6.45, 7) is 5.59. The van der Waals surface area contributed by atoms with Crippen LogP contribution in [-0.2, 0) is 4.79 Å². The number of carbonyl (C=O) groups excluding carboxylic acids is 1. The summed E-state index contributed by atoms with van der Waals surface area (Å²) < 4.78 is 0. The van der Waals surface area contributed by atoms with Gasteiger partial charge in [-0.15, -0.1) is 0 Å². The Hall–Kier alpha value is -0.370. The van der Waals surface area contributed by atoms with E-state index in [2.05, 4.69) is 6.92 Å². The van der Waals surface area contributed by atoms with Gasteiger partial charge in [0.05, 0.1) is 0 Å². The van der Waals surface area contributed by atoms with Gasteiger partial charge in [0.15, 0.2) is 0 Å². The molecular formula is C10H20O2. The first-order valence-electron chi connectivity index (χ1n) is 4.72. The van der Waals surface area contributed by atoms with Gasteiger partial charge in [-0.05, 0) is 32.6 Å². The SMILES string of the molecule is CC(C)O.CC1CCCC(=O)C1. The van der Waals surface area contributed by atoms with E-state index in [-0.39, 0.29) is 6.10 Å². The van der Waals surface area contributed by atoms with E-state index in [1.165, 1.54) is 6.42 Å². The van der Waals surface area contributed by atoms with Crippen LogP contribution in [0.25, 0.3) is 0 Å². The molecule has 0 amide bonds. The Morgan fingerprint density at radius 2 is 2.00 bits per heavy atom. The Morgan fingerprint density at radius 1 is 1.50 bits per heavy atom. The number of hydrogen-bond acceptors (Lipinski definition) is 2. The van der Waals surface area contributed by atoms with Crippen LogP contribution >= 0.6 is 0 Å². The summed E-state index contributed by atoms with van der Waals surface area (Å²) in [6, 6.07) is 0. The minimum absolute atomic E-state index is 0.167. The molecule has 0 aromatic heterocycles. The summed E-state index contributed by atoms with van der Waals surface area (Å²) in [6.07, 6.45) is 3.88. The molecule has 2 heteroatoms.